The maximum atomic E-state index is 12.5. The summed E-state index contributed by atoms with van der Waals surface area (Å²) in [6.07, 6.45) is 72.0. The van der Waals surface area contributed by atoms with Gasteiger partial charge in [0.25, 0.3) is 0 Å². The lowest BCUT2D eigenvalue weighted by atomic mass is 10.0. The minimum absolute atomic E-state index is 0.0671. The highest BCUT2D eigenvalue weighted by atomic mass is 16.5. The van der Waals surface area contributed by atoms with Gasteiger partial charge in [0.1, 0.15) is 0 Å². The van der Waals surface area contributed by atoms with Gasteiger partial charge in [-0.1, -0.05) is 341 Å². The molecule has 0 aromatic heterocycles. The maximum absolute atomic E-state index is 12.5. The standard InChI is InChI=1S/C66H129NO6/c1-3-5-7-9-11-13-15-17-34-38-42-46-50-54-58-64(70)66(72)73-60-56-52-48-44-40-36-32-30-28-26-24-22-20-18-19-21-23-25-27-29-31-35-39-43-47-51-55-59-65(71)67-62(61-68)63(69)57-53-49-45-41-37-33-16-14-12-10-8-6-4-2/h53,57,62-64,68-70H,3-52,54-56,58-61H2,1-2H3,(H,67,71)/b57-53+. The van der Waals surface area contributed by atoms with Crippen LogP contribution < -0.4 is 5.32 Å². The Bertz CT molecular complexity index is 1120. The van der Waals surface area contributed by atoms with Crippen LogP contribution >= 0.6 is 0 Å². The Morgan fingerprint density at radius 3 is 1.01 bits per heavy atom. The van der Waals surface area contributed by atoms with Crippen molar-refractivity contribution in [2.24, 2.45) is 0 Å². The van der Waals surface area contributed by atoms with Gasteiger partial charge in [0.2, 0.25) is 5.91 Å². The Kier molecular flexibility index (Phi) is 60.2. The van der Waals surface area contributed by atoms with Crippen LogP contribution in [-0.2, 0) is 14.3 Å². The molecule has 0 saturated heterocycles. The van der Waals surface area contributed by atoms with E-state index in [1.807, 2.05) is 6.08 Å². The Hall–Kier alpha value is -1.44. The van der Waals surface area contributed by atoms with Crippen molar-refractivity contribution in [2.75, 3.05) is 13.2 Å². The molecule has 7 nitrogen and oxygen atoms in total. The number of aliphatic hydroxyl groups excluding tert-OH is 3. The molecule has 0 saturated carbocycles. The first-order chi connectivity index (χ1) is 36.0. The zero-order valence-corrected chi connectivity index (χ0v) is 49.3. The molecule has 0 rings (SSSR count). The van der Waals surface area contributed by atoms with Crippen LogP contribution in [0, 0.1) is 0 Å². The predicted octanol–water partition coefficient (Wildman–Crippen LogP) is 19.8. The van der Waals surface area contributed by atoms with Crippen molar-refractivity contribution >= 4 is 11.9 Å². The quantitative estimate of drug-likeness (QED) is 0.0274. The second-order valence-electron chi connectivity index (χ2n) is 23.0. The molecule has 434 valence electrons. The summed E-state index contributed by atoms with van der Waals surface area (Å²) in [5.74, 6) is -0.486. The molecule has 0 aliphatic carbocycles. The van der Waals surface area contributed by atoms with Gasteiger partial charge >= 0.3 is 5.97 Å². The molecule has 0 aromatic carbocycles. The summed E-state index contributed by atoms with van der Waals surface area (Å²) in [6, 6.07) is -0.627. The molecule has 73 heavy (non-hydrogen) atoms. The van der Waals surface area contributed by atoms with Gasteiger partial charge in [0.05, 0.1) is 25.4 Å². The zero-order chi connectivity index (χ0) is 53.0. The van der Waals surface area contributed by atoms with Crippen LogP contribution in [0.25, 0.3) is 0 Å². The SMILES string of the molecule is CCCCCCCCCCCCC/C=C/C(O)C(CO)NC(=O)CCCCCCCCCCCCCCCCCCCCCCCCCCCCCOC(=O)C(O)CCCCCCCCCCCCCCCC. The van der Waals surface area contributed by atoms with Gasteiger partial charge in [0.15, 0.2) is 6.10 Å². The Morgan fingerprint density at radius 2 is 0.685 bits per heavy atom. The van der Waals surface area contributed by atoms with Gasteiger partial charge in [-0.15, -0.1) is 0 Å². The lowest BCUT2D eigenvalue weighted by molar-refractivity contribution is -0.154. The first kappa shape index (κ1) is 71.6. The number of amides is 1. The number of carbonyl (C=O) groups is 2. The summed E-state index contributed by atoms with van der Waals surface area (Å²) in [7, 11) is 0. The number of allylic oxidation sites excluding steroid dienone is 1. The third kappa shape index (κ3) is 56.6. The summed E-state index contributed by atoms with van der Waals surface area (Å²) in [4.78, 5) is 24.6. The van der Waals surface area contributed by atoms with Crippen molar-refractivity contribution < 1.29 is 29.6 Å². The van der Waals surface area contributed by atoms with E-state index in [9.17, 15) is 24.9 Å². The summed E-state index contributed by atoms with van der Waals surface area (Å²) < 4.78 is 5.36. The summed E-state index contributed by atoms with van der Waals surface area (Å²) >= 11 is 0. The molecular formula is C66H129NO6. The average molecular weight is 1030 g/mol. The number of ether oxygens (including phenoxy) is 1. The highest BCUT2D eigenvalue weighted by Gasteiger charge is 2.18. The highest BCUT2D eigenvalue weighted by Crippen LogP contribution is 2.19. The lowest BCUT2D eigenvalue weighted by Crippen LogP contribution is -2.45. The van der Waals surface area contributed by atoms with Gasteiger partial charge in [-0.05, 0) is 32.1 Å². The fourth-order valence-electron chi connectivity index (χ4n) is 10.5. The molecule has 4 N–H and O–H groups in total. The number of carbonyl (C=O) groups excluding carboxylic acids is 2. The number of nitrogens with one attached hydrogen (secondary N) is 1. The van der Waals surface area contributed by atoms with Crippen molar-refractivity contribution in [3.8, 4) is 0 Å². The van der Waals surface area contributed by atoms with Gasteiger partial charge in [0, 0.05) is 6.42 Å². The summed E-state index contributed by atoms with van der Waals surface area (Å²) in [5.41, 5.74) is 0. The predicted molar refractivity (Wildman–Crippen MR) is 316 cm³/mol. The molecule has 3 unspecified atom stereocenters. The zero-order valence-electron chi connectivity index (χ0n) is 49.3. The molecule has 7 heteroatoms. The van der Waals surface area contributed by atoms with E-state index in [0.29, 0.717) is 19.4 Å². The number of unbranched alkanes of at least 4 members (excludes halogenated alkanes) is 50. The normalized spacial score (nSPS) is 13.0. The van der Waals surface area contributed by atoms with E-state index in [-0.39, 0.29) is 12.5 Å². The van der Waals surface area contributed by atoms with Crippen molar-refractivity contribution in [3.63, 3.8) is 0 Å². The van der Waals surface area contributed by atoms with Gasteiger partial charge in [-0.3, -0.25) is 4.79 Å². The van der Waals surface area contributed by atoms with E-state index in [4.69, 9.17) is 4.74 Å². The molecule has 0 fully saturated rings. The topological polar surface area (TPSA) is 116 Å². The Labute approximate surface area is 455 Å². The van der Waals surface area contributed by atoms with Crippen LogP contribution in [0.2, 0.25) is 0 Å². The van der Waals surface area contributed by atoms with Crippen molar-refractivity contribution in [3.05, 3.63) is 12.2 Å². The van der Waals surface area contributed by atoms with E-state index in [2.05, 4.69) is 19.2 Å². The van der Waals surface area contributed by atoms with E-state index < -0.39 is 24.2 Å². The Balaban J connectivity index is 3.38. The number of rotatable bonds is 62. The average Bonchev–Trinajstić information content (AvgIpc) is 3.39. The molecule has 0 aromatic rings. The highest BCUT2D eigenvalue weighted by molar-refractivity contribution is 5.76. The monoisotopic (exact) mass is 1030 g/mol. The number of aliphatic hydroxyl groups is 3. The summed E-state index contributed by atoms with van der Waals surface area (Å²) in [5, 5.41) is 33.3. The molecule has 0 aliphatic heterocycles. The van der Waals surface area contributed by atoms with Crippen LogP contribution in [0.1, 0.15) is 367 Å². The molecule has 0 radical (unpaired) electrons. The minimum atomic E-state index is -0.944. The second kappa shape index (κ2) is 61.4. The van der Waals surface area contributed by atoms with Crippen LogP contribution in [0.5, 0.6) is 0 Å². The smallest absolute Gasteiger partial charge is 0.334 e. The van der Waals surface area contributed by atoms with E-state index in [1.165, 1.54) is 289 Å². The minimum Gasteiger partial charge on any atom is -0.464 e. The first-order valence-electron chi connectivity index (χ1n) is 33.1. The van der Waals surface area contributed by atoms with Crippen LogP contribution in [0.4, 0.5) is 0 Å². The molecule has 0 spiro atoms. The van der Waals surface area contributed by atoms with Crippen molar-refractivity contribution in [1.29, 1.82) is 0 Å². The molecule has 0 bridgehead atoms. The van der Waals surface area contributed by atoms with E-state index >= 15 is 0 Å². The van der Waals surface area contributed by atoms with Crippen LogP contribution in [0.3, 0.4) is 0 Å². The maximum Gasteiger partial charge on any atom is 0.334 e. The molecule has 3 atom stereocenters. The first-order valence-corrected chi connectivity index (χ1v) is 33.1. The lowest BCUT2D eigenvalue weighted by Gasteiger charge is -2.20. The Morgan fingerprint density at radius 1 is 0.397 bits per heavy atom. The van der Waals surface area contributed by atoms with Gasteiger partial charge in [-0.2, -0.15) is 0 Å². The molecule has 1 amide bonds. The van der Waals surface area contributed by atoms with E-state index in [0.717, 1.165) is 51.4 Å². The second-order valence-corrected chi connectivity index (χ2v) is 23.0. The summed E-state index contributed by atoms with van der Waals surface area (Å²) in [6.45, 7) is 4.75. The van der Waals surface area contributed by atoms with E-state index in [1.54, 1.807) is 6.08 Å². The van der Waals surface area contributed by atoms with Crippen molar-refractivity contribution in [1.82, 2.24) is 5.32 Å². The number of hydrogen-bond acceptors (Lipinski definition) is 6. The largest absolute Gasteiger partial charge is 0.464 e. The number of hydrogen-bond donors (Lipinski definition) is 4. The third-order valence-electron chi connectivity index (χ3n) is 15.7. The molecule has 0 aliphatic rings. The van der Waals surface area contributed by atoms with Crippen LogP contribution in [-0.4, -0.2) is 58.7 Å². The number of esters is 1. The van der Waals surface area contributed by atoms with Gasteiger partial charge in [-0.25, -0.2) is 4.79 Å². The molecular weight excluding hydrogens is 903 g/mol. The van der Waals surface area contributed by atoms with Crippen molar-refractivity contribution in [2.45, 2.75) is 385 Å². The fraction of sp³-hybridized carbons (Fsp3) is 0.939. The molecule has 0 heterocycles. The fourth-order valence-corrected chi connectivity index (χ4v) is 10.5. The van der Waals surface area contributed by atoms with Crippen LogP contribution in [0.15, 0.2) is 12.2 Å². The third-order valence-corrected chi connectivity index (χ3v) is 15.7. The van der Waals surface area contributed by atoms with Gasteiger partial charge < -0.3 is 25.4 Å².